The number of hydrogen-bond acceptors (Lipinski definition) is 10. The Morgan fingerprint density at radius 1 is 1.17 bits per heavy atom. The number of aromatic nitrogens is 2. The Hall–Kier alpha value is -3.31. The summed E-state index contributed by atoms with van der Waals surface area (Å²) in [5.41, 5.74) is 0.261. The molecule has 0 amide bonds. The van der Waals surface area contributed by atoms with E-state index in [1.54, 1.807) is 50.3 Å². The normalized spacial score (nSPS) is 10.5. The summed E-state index contributed by atoms with van der Waals surface area (Å²) in [4.78, 5) is 33.4. The van der Waals surface area contributed by atoms with E-state index < -0.39 is 10.9 Å². The van der Waals surface area contributed by atoms with E-state index >= 15 is 0 Å². The Balaban J connectivity index is 2.46. The molecule has 30 heavy (non-hydrogen) atoms. The monoisotopic (exact) mass is 419 g/mol. The van der Waals surface area contributed by atoms with Crippen LogP contribution in [0.1, 0.15) is 17.3 Å². The molecule has 0 aliphatic carbocycles. The highest BCUT2D eigenvalue weighted by Crippen LogP contribution is 2.34. The Labute approximate surface area is 174 Å². The first-order valence-electron chi connectivity index (χ1n) is 9.28. The third-order valence-corrected chi connectivity index (χ3v) is 4.09. The molecule has 0 bridgehead atoms. The number of methoxy groups -OCH3 is 2. The second kappa shape index (κ2) is 11.6. The van der Waals surface area contributed by atoms with Crippen LogP contribution in [0.5, 0.6) is 0 Å². The molecule has 2 aromatic rings. The summed E-state index contributed by atoms with van der Waals surface area (Å²) >= 11 is 0. The lowest BCUT2D eigenvalue weighted by Crippen LogP contribution is -2.32. The average molecular weight is 419 g/mol. The van der Waals surface area contributed by atoms with Gasteiger partial charge in [-0.2, -0.15) is 0 Å². The fraction of sp³-hybridized carbons (Fsp3) is 0.421. The summed E-state index contributed by atoms with van der Waals surface area (Å²) in [6.07, 6.45) is 1.23. The van der Waals surface area contributed by atoms with Gasteiger partial charge in [0.15, 0.2) is 0 Å². The van der Waals surface area contributed by atoms with Gasteiger partial charge in [-0.25, -0.2) is 14.8 Å². The highest BCUT2D eigenvalue weighted by Gasteiger charge is 2.28. The first kappa shape index (κ1) is 23.0. The minimum absolute atomic E-state index is 0.0402. The van der Waals surface area contributed by atoms with E-state index in [0.717, 1.165) is 0 Å². The zero-order valence-electron chi connectivity index (χ0n) is 17.2. The lowest BCUT2D eigenvalue weighted by Gasteiger charge is -2.23. The molecule has 0 fully saturated rings. The van der Waals surface area contributed by atoms with Gasteiger partial charge in [-0.05, 0) is 19.1 Å². The van der Waals surface area contributed by atoms with E-state index in [1.807, 2.05) is 0 Å². The maximum Gasteiger partial charge on any atom is 0.353 e. The molecule has 0 aliphatic rings. The van der Waals surface area contributed by atoms with Crippen LogP contribution in [0.25, 0.3) is 0 Å². The van der Waals surface area contributed by atoms with E-state index in [4.69, 9.17) is 14.2 Å². The Bertz CT molecular complexity index is 855. The first-order valence-corrected chi connectivity index (χ1v) is 9.28. The largest absolute Gasteiger partial charge is 0.462 e. The molecule has 1 N–H and O–H groups in total. The van der Waals surface area contributed by atoms with Crippen LogP contribution in [0.4, 0.5) is 23.0 Å². The lowest BCUT2D eigenvalue weighted by atomic mass is 10.1. The smallest absolute Gasteiger partial charge is 0.353 e. The molecule has 11 nitrogen and oxygen atoms in total. The number of nitrogens with one attached hydrogen (secondary N) is 1. The number of anilines is 3. The molecule has 2 rings (SSSR count). The molecular weight excluding hydrogens is 394 g/mol. The number of nitrogens with zero attached hydrogens (tertiary/aromatic N) is 4. The minimum atomic E-state index is -0.558. The molecule has 0 radical (unpaired) electrons. The molecule has 162 valence electrons. The molecule has 0 saturated heterocycles. The number of hydrogen-bond donors (Lipinski definition) is 1. The van der Waals surface area contributed by atoms with Crippen molar-refractivity contribution in [2.45, 2.75) is 6.92 Å². The van der Waals surface area contributed by atoms with Crippen LogP contribution in [0, 0.1) is 10.1 Å². The fourth-order valence-electron chi connectivity index (χ4n) is 2.69. The quantitative estimate of drug-likeness (QED) is 0.311. The first-order chi connectivity index (χ1) is 14.5. The van der Waals surface area contributed by atoms with Crippen LogP contribution >= 0.6 is 0 Å². The average Bonchev–Trinajstić information content (AvgIpc) is 2.74. The van der Waals surface area contributed by atoms with E-state index in [1.165, 1.54) is 6.33 Å². The molecule has 1 heterocycles. The maximum absolute atomic E-state index is 12.2. The van der Waals surface area contributed by atoms with Crippen molar-refractivity contribution in [2.75, 3.05) is 57.3 Å². The summed E-state index contributed by atoms with van der Waals surface area (Å²) in [6, 6.07) is 6.56. The minimum Gasteiger partial charge on any atom is -0.462 e. The zero-order chi connectivity index (χ0) is 21.9. The molecule has 0 atom stereocenters. The van der Waals surface area contributed by atoms with Crippen LogP contribution in [0.3, 0.4) is 0 Å². The predicted molar refractivity (Wildman–Crippen MR) is 110 cm³/mol. The van der Waals surface area contributed by atoms with Gasteiger partial charge in [-0.1, -0.05) is 12.1 Å². The lowest BCUT2D eigenvalue weighted by molar-refractivity contribution is -0.383. The van der Waals surface area contributed by atoms with E-state index in [0.29, 0.717) is 32.0 Å². The number of benzene rings is 1. The van der Waals surface area contributed by atoms with Gasteiger partial charge >= 0.3 is 11.7 Å². The van der Waals surface area contributed by atoms with Crippen molar-refractivity contribution in [3.8, 4) is 0 Å². The highest BCUT2D eigenvalue weighted by atomic mass is 16.6. The Kier molecular flexibility index (Phi) is 8.91. The van der Waals surface area contributed by atoms with E-state index in [2.05, 4.69) is 15.3 Å². The summed E-state index contributed by atoms with van der Waals surface area (Å²) < 4.78 is 15.3. The summed E-state index contributed by atoms with van der Waals surface area (Å²) in [5, 5.41) is 14.8. The molecule has 11 heteroatoms. The highest BCUT2D eigenvalue weighted by molar-refractivity contribution is 5.96. The second-order valence-electron chi connectivity index (χ2n) is 6.02. The van der Waals surface area contributed by atoms with Gasteiger partial charge in [0, 0.05) is 27.3 Å². The predicted octanol–water partition coefficient (Wildman–Crippen LogP) is 2.40. The van der Waals surface area contributed by atoms with Gasteiger partial charge in [0.1, 0.15) is 6.33 Å². The zero-order valence-corrected chi connectivity index (χ0v) is 17.2. The number of ether oxygens (including phenoxy) is 3. The van der Waals surface area contributed by atoms with Gasteiger partial charge in [0.05, 0.1) is 36.0 Å². The molecule has 0 saturated carbocycles. The van der Waals surface area contributed by atoms with Gasteiger partial charge in [0.2, 0.25) is 11.6 Å². The van der Waals surface area contributed by atoms with Crippen LogP contribution in [0.15, 0.2) is 30.6 Å². The molecule has 0 aliphatic heterocycles. The molecule has 1 aromatic carbocycles. The van der Waals surface area contributed by atoms with Crippen LogP contribution in [0.2, 0.25) is 0 Å². The number of para-hydroxylation sites is 1. The Morgan fingerprint density at radius 3 is 2.43 bits per heavy atom. The standard InChI is InChI=1S/C19H25N5O6/c1-4-30-19(25)14-7-5-6-8-15(14)22-17-16(24(26)27)18(21-13-20-17)23(9-11-28-2)10-12-29-3/h5-8,13H,4,9-12H2,1-3H3,(H,20,21,22). The third kappa shape index (κ3) is 5.84. The van der Waals surface area contributed by atoms with Crippen molar-refractivity contribution in [1.29, 1.82) is 0 Å². The van der Waals surface area contributed by atoms with Crippen LogP contribution in [-0.4, -0.2) is 68.0 Å². The fourth-order valence-corrected chi connectivity index (χ4v) is 2.69. The Morgan fingerprint density at radius 2 is 1.83 bits per heavy atom. The van der Waals surface area contributed by atoms with Gasteiger partial charge in [-0.3, -0.25) is 10.1 Å². The van der Waals surface area contributed by atoms with Crippen molar-refractivity contribution >= 4 is 29.0 Å². The van der Waals surface area contributed by atoms with E-state index in [-0.39, 0.29) is 29.5 Å². The molecule has 0 spiro atoms. The topological polar surface area (TPSA) is 129 Å². The van der Waals surface area contributed by atoms with Gasteiger partial charge in [-0.15, -0.1) is 0 Å². The van der Waals surface area contributed by atoms with E-state index in [9.17, 15) is 14.9 Å². The van der Waals surface area contributed by atoms with Crippen molar-refractivity contribution in [1.82, 2.24) is 9.97 Å². The van der Waals surface area contributed by atoms with Crippen molar-refractivity contribution in [3.63, 3.8) is 0 Å². The van der Waals surface area contributed by atoms with Crippen LogP contribution in [-0.2, 0) is 14.2 Å². The molecular formula is C19H25N5O6. The summed E-state index contributed by atoms with van der Waals surface area (Å²) in [5.74, 6) is -0.457. The number of carbonyl (C=O) groups is 1. The maximum atomic E-state index is 12.2. The number of nitro groups is 1. The second-order valence-corrected chi connectivity index (χ2v) is 6.02. The van der Waals surface area contributed by atoms with Crippen LogP contribution < -0.4 is 10.2 Å². The number of rotatable bonds is 12. The summed E-state index contributed by atoms with van der Waals surface area (Å²) in [6.45, 7) is 3.34. The molecule has 1 aromatic heterocycles. The molecule has 0 unspecified atom stereocenters. The summed E-state index contributed by atoms with van der Waals surface area (Å²) in [7, 11) is 3.09. The third-order valence-electron chi connectivity index (χ3n) is 4.09. The van der Waals surface area contributed by atoms with Crippen molar-refractivity contribution in [3.05, 3.63) is 46.3 Å². The number of carbonyl (C=O) groups excluding carboxylic acids is 1. The van der Waals surface area contributed by atoms with Crippen molar-refractivity contribution in [2.24, 2.45) is 0 Å². The SMILES string of the molecule is CCOC(=O)c1ccccc1Nc1ncnc(N(CCOC)CCOC)c1[N+](=O)[O-]. The van der Waals surface area contributed by atoms with Gasteiger partial charge in [0.25, 0.3) is 0 Å². The van der Waals surface area contributed by atoms with Crippen molar-refractivity contribution < 1.29 is 23.9 Å². The van der Waals surface area contributed by atoms with Gasteiger partial charge < -0.3 is 24.4 Å². The number of esters is 1.